The Morgan fingerprint density at radius 1 is 0.952 bits per heavy atom. The van der Waals surface area contributed by atoms with E-state index in [9.17, 15) is 9.90 Å². The molecule has 1 fully saturated rings. The maximum Gasteiger partial charge on any atom is 0.303 e. The SMILES string of the molecule is CCc1ccc2ccc(/C=C/c3cccc(CCCc4ccccc4C(C)(C)O)c3)nc2c1.O=C(O)CC1(CS)CC1. The van der Waals surface area contributed by atoms with E-state index in [1.165, 1.54) is 27.6 Å². The third-order valence-corrected chi connectivity index (χ3v) is 8.66. The number of thiol groups is 1. The molecule has 5 heteroatoms. The van der Waals surface area contributed by atoms with Crippen LogP contribution in [0.2, 0.25) is 0 Å². The van der Waals surface area contributed by atoms with Crippen LogP contribution in [0.3, 0.4) is 0 Å². The van der Waals surface area contributed by atoms with Crippen molar-refractivity contribution in [1.29, 1.82) is 0 Å². The molecule has 0 spiro atoms. The number of rotatable bonds is 11. The van der Waals surface area contributed by atoms with E-state index in [4.69, 9.17) is 10.1 Å². The molecule has 42 heavy (non-hydrogen) atoms. The Morgan fingerprint density at radius 2 is 1.71 bits per heavy atom. The normalized spacial score (nSPS) is 14.0. The fourth-order valence-corrected chi connectivity index (χ4v) is 5.66. The quantitative estimate of drug-likeness (QED) is 0.155. The second kappa shape index (κ2) is 14.2. The van der Waals surface area contributed by atoms with E-state index in [1.54, 1.807) is 0 Å². The van der Waals surface area contributed by atoms with Crippen molar-refractivity contribution in [2.24, 2.45) is 5.41 Å². The Balaban J connectivity index is 0.000000385. The van der Waals surface area contributed by atoms with E-state index in [2.05, 4.69) is 98.4 Å². The number of aryl methyl sites for hydroxylation is 3. The third-order valence-electron chi connectivity index (χ3n) is 7.99. The van der Waals surface area contributed by atoms with Gasteiger partial charge in [-0.2, -0.15) is 12.6 Å². The van der Waals surface area contributed by atoms with E-state index >= 15 is 0 Å². The molecule has 0 amide bonds. The Hall–Kier alpha value is -3.41. The van der Waals surface area contributed by atoms with Crippen LogP contribution in [0.15, 0.2) is 78.9 Å². The Bertz CT molecular complexity index is 1530. The molecule has 1 aliphatic rings. The number of carbonyl (C=O) groups is 1. The summed E-state index contributed by atoms with van der Waals surface area (Å²) < 4.78 is 0. The van der Waals surface area contributed by atoms with Crippen LogP contribution >= 0.6 is 12.6 Å². The first-order chi connectivity index (χ1) is 20.1. The van der Waals surface area contributed by atoms with Crippen molar-refractivity contribution in [3.63, 3.8) is 0 Å². The number of benzene rings is 3. The largest absolute Gasteiger partial charge is 0.481 e. The van der Waals surface area contributed by atoms with Gasteiger partial charge in [0.25, 0.3) is 0 Å². The minimum Gasteiger partial charge on any atom is -0.481 e. The number of aliphatic carboxylic acids is 1. The molecule has 0 atom stereocenters. The average molecular weight is 582 g/mol. The lowest BCUT2D eigenvalue weighted by atomic mass is 9.90. The molecule has 4 nitrogen and oxygen atoms in total. The number of aromatic nitrogens is 1. The summed E-state index contributed by atoms with van der Waals surface area (Å²) in [5, 5.41) is 20.0. The fourth-order valence-electron chi connectivity index (χ4n) is 5.23. The maximum absolute atomic E-state index is 10.4. The summed E-state index contributed by atoms with van der Waals surface area (Å²) in [6, 6.07) is 27.7. The molecular weight excluding hydrogens is 538 g/mol. The summed E-state index contributed by atoms with van der Waals surface area (Å²) in [4.78, 5) is 15.0. The number of fused-ring (bicyclic) bond motifs is 1. The summed E-state index contributed by atoms with van der Waals surface area (Å²) >= 11 is 4.07. The monoisotopic (exact) mass is 581 g/mol. The van der Waals surface area contributed by atoms with Crippen LogP contribution in [-0.4, -0.2) is 26.9 Å². The molecule has 3 aromatic carbocycles. The molecule has 0 saturated heterocycles. The molecule has 220 valence electrons. The van der Waals surface area contributed by atoms with Gasteiger partial charge in [-0.1, -0.05) is 79.7 Å². The Morgan fingerprint density at radius 3 is 2.38 bits per heavy atom. The van der Waals surface area contributed by atoms with Crippen molar-refractivity contribution in [2.45, 2.75) is 71.3 Å². The lowest BCUT2D eigenvalue weighted by Gasteiger charge is -2.21. The van der Waals surface area contributed by atoms with E-state index < -0.39 is 11.6 Å². The summed E-state index contributed by atoms with van der Waals surface area (Å²) in [5.74, 6) is 0.0285. The summed E-state index contributed by atoms with van der Waals surface area (Å²) in [6.45, 7) is 5.88. The molecule has 1 heterocycles. The van der Waals surface area contributed by atoms with Gasteiger partial charge in [-0.15, -0.1) is 0 Å². The standard InChI is InChI=1S/C31H33NO.C6H10O2S/c1-4-23-15-17-27-18-20-28(32-30(27)22-23)19-16-25-10-7-9-24(21-25)11-8-13-26-12-5-6-14-29(26)31(2,3)33;7-5(8)3-6(4-9)1-2-6/h5-7,9-10,12,14-22,33H,4,8,11,13H2,1-3H3;9H,1-4H2,(H,7,8)/b19-16+;. The van der Waals surface area contributed by atoms with E-state index in [0.29, 0.717) is 6.42 Å². The van der Waals surface area contributed by atoms with Gasteiger partial charge in [0.05, 0.1) is 23.2 Å². The van der Waals surface area contributed by atoms with Crippen LogP contribution in [0.4, 0.5) is 0 Å². The molecule has 0 bridgehead atoms. The number of hydrogen-bond acceptors (Lipinski definition) is 4. The Labute approximate surface area is 256 Å². The molecule has 1 aliphatic carbocycles. The van der Waals surface area contributed by atoms with Gasteiger partial charge >= 0.3 is 5.97 Å². The zero-order chi connectivity index (χ0) is 30.2. The van der Waals surface area contributed by atoms with Crippen LogP contribution in [0, 0.1) is 5.41 Å². The zero-order valence-corrected chi connectivity index (χ0v) is 25.9. The van der Waals surface area contributed by atoms with Gasteiger partial charge in [0.15, 0.2) is 0 Å². The van der Waals surface area contributed by atoms with E-state index in [0.717, 1.165) is 61.1 Å². The van der Waals surface area contributed by atoms with Crippen molar-refractivity contribution in [3.05, 3.63) is 112 Å². The van der Waals surface area contributed by atoms with Crippen molar-refractivity contribution in [2.75, 3.05) is 5.75 Å². The van der Waals surface area contributed by atoms with Crippen LogP contribution in [0.1, 0.15) is 80.0 Å². The van der Waals surface area contributed by atoms with Gasteiger partial charge in [0, 0.05) is 5.39 Å². The second-order valence-electron chi connectivity index (χ2n) is 12.0. The highest BCUT2D eigenvalue weighted by Gasteiger charge is 2.42. The lowest BCUT2D eigenvalue weighted by molar-refractivity contribution is -0.138. The first-order valence-electron chi connectivity index (χ1n) is 14.9. The van der Waals surface area contributed by atoms with Crippen LogP contribution in [0.5, 0.6) is 0 Å². The fraction of sp³-hybridized carbons (Fsp3) is 0.351. The minimum absolute atomic E-state index is 0.0783. The molecule has 0 radical (unpaired) electrons. The van der Waals surface area contributed by atoms with Gasteiger partial charge < -0.3 is 10.2 Å². The molecule has 0 unspecified atom stereocenters. The molecule has 1 saturated carbocycles. The first-order valence-corrected chi connectivity index (χ1v) is 15.5. The van der Waals surface area contributed by atoms with Gasteiger partial charge in [-0.3, -0.25) is 4.79 Å². The van der Waals surface area contributed by atoms with Crippen molar-refractivity contribution < 1.29 is 15.0 Å². The van der Waals surface area contributed by atoms with E-state index in [1.807, 2.05) is 26.0 Å². The highest BCUT2D eigenvalue weighted by Crippen LogP contribution is 2.49. The average Bonchev–Trinajstić information content (AvgIpc) is 3.75. The van der Waals surface area contributed by atoms with Crippen molar-refractivity contribution >= 4 is 41.7 Å². The van der Waals surface area contributed by atoms with Crippen LogP contribution in [0.25, 0.3) is 23.1 Å². The highest BCUT2D eigenvalue weighted by molar-refractivity contribution is 7.80. The van der Waals surface area contributed by atoms with Crippen molar-refractivity contribution in [3.8, 4) is 0 Å². The molecule has 4 aromatic rings. The molecule has 1 aromatic heterocycles. The van der Waals surface area contributed by atoms with E-state index in [-0.39, 0.29) is 5.41 Å². The number of aliphatic hydroxyl groups is 1. The van der Waals surface area contributed by atoms with Crippen molar-refractivity contribution in [1.82, 2.24) is 4.98 Å². The predicted octanol–water partition coefficient (Wildman–Crippen LogP) is 8.54. The lowest BCUT2D eigenvalue weighted by Crippen LogP contribution is -2.18. The first kappa shape index (κ1) is 31.5. The predicted molar refractivity (Wildman–Crippen MR) is 178 cm³/mol. The molecule has 2 N–H and O–H groups in total. The molecular formula is C37H43NO3S. The number of nitrogens with zero attached hydrogens (tertiary/aromatic N) is 1. The maximum atomic E-state index is 10.4. The topological polar surface area (TPSA) is 70.4 Å². The molecule has 0 aliphatic heterocycles. The number of pyridine rings is 1. The minimum atomic E-state index is -0.809. The number of hydrogen-bond donors (Lipinski definition) is 3. The smallest absolute Gasteiger partial charge is 0.303 e. The third kappa shape index (κ3) is 9.04. The van der Waals surface area contributed by atoms with Gasteiger partial charge in [0.1, 0.15) is 0 Å². The second-order valence-corrected chi connectivity index (χ2v) is 12.3. The van der Waals surface area contributed by atoms with Crippen LogP contribution in [-0.2, 0) is 29.7 Å². The molecule has 5 rings (SSSR count). The Kier molecular flexibility index (Phi) is 10.6. The summed E-state index contributed by atoms with van der Waals surface area (Å²) in [5.41, 5.74) is 7.39. The van der Waals surface area contributed by atoms with Gasteiger partial charge in [-0.05, 0) is 110 Å². The summed E-state index contributed by atoms with van der Waals surface area (Å²) in [6.07, 6.45) is 10.7. The number of carboxylic acid groups (broad SMARTS) is 1. The van der Waals surface area contributed by atoms with Gasteiger partial charge in [-0.25, -0.2) is 4.98 Å². The van der Waals surface area contributed by atoms with Crippen LogP contribution < -0.4 is 0 Å². The number of carboxylic acids is 1. The highest BCUT2D eigenvalue weighted by atomic mass is 32.1. The van der Waals surface area contributed by atoms with Gasteiger partial charge in [0.2, 0.25) is 0 Å². The zero-order valence-electron chi connectivity index (χ0n) is 25.0. The summed E-state index contributed by atoms with van der Waals surface area (Å²) in [7, 11) is 0.